The van der Waals surface area contributed by atoms with Crippen LogP contribution in [0.5, 0.6) is 23.0 Å². The molecule has 0 saturated carbocycles. The van der Waals surface area contributed by atoms with Gasteiger partial charge in [0.15, 0.2) is 11.5 Å². The number of anilines is 2. The quantitative estimate of drug-likeness (QED) is 0.0295. The SMILES string of the molecule is CCCCCCCCCCCCCCCCOc1cc(C(=O)Oc2cc(N)cc(N)c2)cc(OCCCCCCCCCCCCCCC)c1OCCCCCCCCCCCCCCCC. The number of benzene rings is 2. The third kappa shape index (κ3) is 34.0. The van der Waals surface area contributed by atoms with E-state index in [0.29, 0.717) is 59.8 Å². The van der Waals surface area contributed by atoms with Gasteiger partial charge in [0.1, 0.15) is 5.75 Å². The van der Waals surface area contributed by atoms with Crippen LogP contribution in [-0.2, 0) is 0 Å². The van der Waals surface area contributed by atoms with Gasteiger partial charge in [-0.25, -0.2) is 4.79 Å². The summed E-state index contributed by atoms with van der Waals surface area (Å²) >= 11 is 0. The average molecular weight is 936 g/mol. The lowest BCUT2D eigenvalue weighted by Gasteiger charge is -2.19. The Morgan fingerprint density at radius 1 is 0.343 bits per heavy atom. The second-order valence-electron chi connectivity index (χ2n) is 20.0. The van der Waals surface area contributed by atoms with Crippen molar-refractivity contribution in [3.8, 4) is 23.0 Å². The summed E-state index contributed by atoms with van der Waals surface area (Å²) in [6.45, 7) is 8.54. The highest BCUT2D eigenvalue weighted by molar-refractivity contribution is 5.93. The second-order valence-corrected chi connectivity index (χ2v) is 20.0. The van der Waals surface area contributed by atoms with Crippen molar-refractivity contribution in [2.24, 2.45) is 0 Å². The van der Waals surface area contributed by atoms with Crippen LogP contribution in [0.15, 0.2) is 30.3 Å². The third-order valence-electron chi connectivity index (χ3n) is 13.4. The molecular weight excluding hydrogens is 829 g/mol. The van der Waals surface area contributed by atoms with Crippen molar-refractivity contribution in [2.45, 2.75) is 284 Å². The molecule has 386 valence electrons. The lowest BCUT2D eigenvalue weighted by molar-refractivity contribution is 0.0733. The van der Waals surface area contributed by atoms with Gasteiger partial charge in [0, 0.05) is 23.5 Å². The average Bonchev–Trinajstić information content (AvgIpc) is 3.31. The molecule has 0 aliphatic heterocycles. The smallest absolute Gasteiger partial charge is 0.343 e. The van der Waals surface area contributed by atoms with Crippen LogP contribution < -0.4 is 30.4 Å². The topological polar surface area (TPSA) is 106 Å². The minimum Gasteiger partial charge on any atom is -0.490 e. The molecule has 2 rings (SSSR count). The molecular formula is C60H106N2O5. The van der Waals surface area contributed by atoms with Gasteiger partial charge in [-0.2, -0.15) is 0 Å². The van der Waals surface area contributed by atoms with Crippen molar-refractivity contribution in [2.75, 3.05) is 31.3 Å². The maximum Gasteiger partial charge on any atom is 0.343 e. The van der Waals surface area contributed by atoms with E-state index in [0.717, 1.165) is 38.5 Å². The normalized spacial score (nSPS) is 11.3. The molecule has 7 nitrogen and oxygen atoms in total. The van der Waals surface area contributed by atoms with Crippen LogP contribution in [0.2, 0.25) is 0 Å². The molecule has 67 heavy (non-hydrogen) atoms. The number of hydrogen-bond acceptors (Lipinski definition) is 7. The Kier molecular flexibility index (Phi) is 39.5. The van der Waals surface area contributed by atoms with Gasteiger partial charge in [0.25, 0.3) is 0 Å². The predicted molar refractivity (Wildman–Crippen MR) is 289 cm³/mol. The van der Waals surface area contributed by atoms with Crippen LogP contribution in [-0.4, -0.2) is 25.8 Å². The minimum absolute atomic E-state index is 0.306. The number of nitrogen functional groups attached to an aromatic ring is 2. The maximum atomic E-state index is 13.7. The molecule has 0 fully saturated rings. The fourth-order valence-electron chi connectivity index (χ4n) is 9.17. The summed E-state index contributed by atoms with van der Waals surface area (Å²) in [5.74, 6) is 1.47. The highest BCUT2D eigenvalue weighted by Gasteiger charge is 2.21. The summed E-state index contributed by atoms with van der Waals surface area (Å²) in [5.41, 5.74) is 13.3. The Bertz CT molecular complexity index is 1410. The van der Waals surface area contributed by atoms with Crippen molar-refractivity contribution < 1.29 is 23.7 Å². The standard InChI is InChI=1S/C60H106N2O5/c1-4-7-10-13-16-19-22-25-28-31-34-37-40-43-46-65-58-49-53(60(63)67-56-51-54(61)50-55(62)52-56)48-57(64-45-42-39-36-33-30-27-24-21-18-15-12-9-6-3)59(58)66-47-44-41-38-35-32-29-26-23-20-17-14-11-8-5-2/h48-52H,4-47,61-62H2,1-3H3. The summed E-state index contributed by atoms with van der Waals surface area (Å²) < 4.78 is 25.4. The van der Waals surface area contributed by atoms with Crippen molar-refractivity contribution in [1.29, 1.82) is 0 Å². The molecule has 0 radical (unpaired) electrons. The molecule has 0 atom stereocenters. The number of nitrogens with two attached hydrogens (primary N) is 2. The Labute approximate surface area is 413 Å². The monoisotopic (exact) mass is 935 g/mol. The predicted octanol–water partition coefficient (Wildman–Crippen LogP) is 19.3. The Hall–Kier alpha value is -3.09. The first-order valence-corrected chi connectivity index (χ1v) is 28.9. The molecule has 0 amide bonds. The van der Waals surface area contributed by atoms with Crippen LogP contribution >= 0.6 is 0 Å². The van der Waals surface area contributed by atoms with Crippen LogP contribution in [0.3, 0.4) is 0 Å². The molecule has 0 saturated heterocycles. The minimum atomic E-state index is -0.518. The molecule has 0 aliphatic rings. The molecule has 7 heteroatoms. The molecule has 2 aromatic carbocycles. The van der Waals surface area contributed by atoms with Crippen LogP contribution in [0.1, 0.15) is 294 Å². The van der Waals surface area contributed by atoms with Crippen molar-refractivity contribution in [3.05, 3.63) is 35.9 Å². The van der Waals surface area contributed by atoms with E-state index in [-0.39, 0.29) is 0 Å². The fourth-order valence-corrected chi connectivity index (χ4v) is 9.17. The molecule has 0 heterocycles. The first kappa shape index (κ1) is 60.0. The summed E-state index contributed by atoms with van der Waals surface area (Å²) in [6, 6.07) is 8.40. The zero-order valence-corrected chi connectivity index (χ0v) is 44.2. The van der Waals surface area contributed by atoms with Crippen molar-refractivity contribution >= 4 is 17.3 Å². The van der Waals surface area contributed by atoms with Gasteiger partial charge in [-0.3, -0.25) is 0 Å². The summed E-state index contributed by atoms with van der Waals surface area (Å²) in [5, 5.41) is 0. The number of unbranched alkanes of at least 4 members (excludes halogenated alkanes) is 38. The van der Waals surface area contributed by atoms with E-state index in [1.165, 1.54) is 225 Å². The zero-order valence-electron chi connectivity index (χ0n) is 44.2. The van der Waals surface area contributed by atoms with E-state index in [1.54, 1.807) is 30.3 Å². The second kappa shape index (κ2) is 44.1. The maximum absolute atomic E-state index is 13.7. The Balaban J connectivity index is 1.98. The molecule has 0 aliphatic carbocycles. The molecule has 0 unspecified atom stereocenters. The van der Waals surface area contributed by atoms with Gasteiger partial charge in [-0.05, 0) is 37.5 Å². The van der Waals surface area contributed by atoms with E-state index in [2.05, 4.69) is 20.8 Å². The summed E-state index contributed by atoms with van der Waals surface area (Å²) in [6.07, 6.45) is 53.5. The number of carbonyl (C=O) groups is 1. The van der Waals surface area contributed by atoms with E-state index in [4.69, 9.17) is 30.4 Å². The fraction of sp³-hybridized carbons (Fsp3) is 0.783. The molecule has 2 aromatic rings. The van der Waals surface area contributed by atoms with Crippen LogP contribution in [0.4, 0.5) is 11.4 Å². The molecule has 4 N–H and O–H groups in total. The highest BCUT2D eigenvalue weighted by Crippen LogP contribution is 2.40. The van der Waals surface area contributed by atoms with Crippen LogP contribution in [0, 0.1) is 0 Å². The lowest BCUT2D eigenvalue weighted by Crippen LogP contribution is -2.12. The van der Waals surface area contributed by atoms with Crippen molar-refractivity contribution in [1.82, 2.24) is 0 Å². The summed E-state index contributed by atoms with van der Waals surface area (Å²) in [7, 11) is 0. The number of ether oxygens (including phenoxy) is 4. The first-order valence-electron chi connectivity index (χ1n) is 28.9. The Morgan fingerprint density at radius 2 is 0.597 bits per heavy atom. The summed E-state index contributed by atoms with van der Waals surface area (Å²) in [4.78, 5) is 13.7. The molecule has 0 spiro atoms. The van der Waals surface area contributed by atoms with E-state index in [1.807, 2.05) is 0 Å². The van der Waals surface area contributed by atoms with E-state index in [9.17, 15) is 4.79 Å². The number of rotatable bonds is 49. The Morgan fingerprint density at radius 3 is 0.881 bits per heavy atom. The highest BCUT2D eigenvalue weighted by atomic mass is 16.5. The lowest BCUT2D eigenvalue weighted by atomic mass is 10.0. The molecule has 0 bridgehead atoms. The van der Waals surface area contributed by atoms with E-state index >= 15 is 0 Å². The number of hydrogen-bond donors (Lipinski definition) is 2. The van der Waals surface area contributed by atoms with Gasteiger partial charge in [0.2, 0.25) is 5.75 Å². The van der Waals surface area contributed by atoms with E-state index < -0.39 is 5.97 Å². The van der Waals surface area contributed by atoms with Gasteiger partial charge >= 0.3 is 5.97 Å². The number of esters is 1. The van der Waals surface area contributed by atoms with Gasteiger partial charge in [0.05, 0.1) is 25.4 Å². The zero-order chi connectivity index (χ0) is 48.1. The largest absolute Gasteiger partial charge is 0.490 e. The van der Waals surface area contributed by atoms with Crippen LogP contribution in [0.25, 0.3) is 0 Å². The van der Waals surface area contributed by atoms with Crippen molar-refractivity contribution in [3.63, 3.8) is 0 Å². The molecule has 0 aromatic heterocycles. The first-order chi connectivity index (χ1) is 33.0. The van der Waals surface area contributed by atoms with Gasteiger partial charge in [-0.1, -0.05) is 265 Å². The third-order valence-corrected chi connectivity index (χ3v) is 13.4. The van der Waals surface area contributed by atoms with Gasteiger partial charge < -0.3 is 30.4 Å². The van der Waals surface area contributed by atoms with Gasteiger partial charge in [-0.15, -0.1) is 0 Å². The number of carbonyl (C=O) groups excluding carboxylic acids is 1.